The number of piperazine rings is 1. The Hall–Kier alpha value is -2.17. The van der Waals surface area contributed by atoms with E-state index in [1.165, 1.54) is 5.56 Å². The van der Waals surface area contributed by atoms with E-state index in [1.807, 2.05) is 42.5 Å². The molecule has 0 spiro atoms. The molecule has 0 aliphatic carbocycles. The number of nitrogens with one attached hydrogen (secondary N) is 1. The van der Waals surface area contributed by atoms with Crippen molar-refractivity contribution in [3.8, 4) is 0 Å². The summed E-state index contributed by atoms with van der Waals surface area (Å²) in [5.74, 6) is -0.0673. The van der Waals surface area contributed by atoms with E-state index in [4.69, 9.17) is 0 Å². The first kappa shape index (κ1) is 15.7. The van der Waals surface area contributed by atoms with E-state index < -0.39 is 0 Å². The van der Waals surface area contributed by atoms with Gasteiger partial charge >= 0.3 is 0 Å². The number of hydrogen-bond donors (Lipinski definition) is 1. The molecule has 0 aromatic heterocycles. The summed E-state index contributed by atoms with van der Waals surface area (Å²) in [7, 11) is 2.16. The van der Waals surface area contributed by atoms with Crippen molar-refractivity contribution < 1.29 is 4.79 Å². The third-order valence-electron chi connectivity index (χ3n) is 4.25. The molecular formula is C19H23N3O. The molecule has 0 radical (unpaired) electrons. The van der Waals surface area contributed by atoms with E-state index in [9.17, 15) is 4.79 Å². The fraction of sp³-hybridized carbons (Fsp3) is 0.316. The summed E-state index contributed by atoms with van der Waals surface area (Å²) in [5, 5.41) is 2.91. The van der Waals surface area contributed by atoms with Crippen molar-refractivity contribution in [2.45, 2.75) is 6.54 Å². The Kier molecular flexibility index (Phi) is 5.05. The van der Waals surface area contributed by atoms with Crippen molar-refractivity contribution in [1.29, 1.82) is 0 Å². The van der Waals surface area contributed by atoms with Crippen molar-refractivity contribution in [3.05, 3.63) is 65.7 Å². The van der Waals surface area contributed by atoms with Gasteiger partial charge in [-0.15, -0.1) is 0 Å². The molecule has 0 unspecified atom stereocenters. The molecule has 1 fully saturated rings. The number of para-hydroxylation sites is 1. The van der Waals surface area contributed by atoms with Gasteiger partial charge in [-0.1, -0.05) is 30.3 Å². The number of hydrogen-bond acceptors (Lipinski definition) is 3. The van der Waals surface area contributed by atoms with Crippen LogP contribution in [0.25, 0.3) is 0 Å². The van der Waals surface area contributed by atoms with E-state index in [1.54, 1.807) is 0 Å². The summed E-state index contributed by atoms with van der Waals surface area (Å²) in [6, 6.07) is 17.5. The Morgan fingerprint density at radius 3 is 2.26 bits per heavy atom. The van der Waals surface area contributed by atoms with Gasteiger partial charge in [-0.3, -0.25) is 9.69 Å². The van der Waals surface area contributed by atoms with Crippen molar-refractivity contribution in [2.24, 2.45) is 0 Å². The largest absolute Gasteiger partial charge is 0.322 e. The first-order valence-electron chi connectivity index (χ1n) is 8.07. The molecular weight excluding hydrogens is 286 g/mol. The topological polar surface area (TPSA) is 35.6 Å². The van der Waals surface area contributed by atoms with Crippen LogP contribution in [0.15, 0.2) is 54.6 Å². The Morgan fingerprint density at radius 1 is 0.957 bits per heavy atom. The maximum atomic E-state index is 12.2. The normalized spacial score (nSPS) is 16.2. The van der Waals surface area contributed by atoms with Gasteiger partial charge in [0.25, 0.3) is 5.91 Å². The van der Waals surface area contributed by atoms with E-state index in [0.717, 1.165) is 38.4 Å². The molecule has 3 rings (SSSR count). The minimum atomic E-state index is -0.0673. The van der Waals surface area contributed by atoms with Crippen LogP contribution in [0, 0.1) is 0 Å². The zero-order chi connectivity index (χ0) is 16.1. The highest BCUT2D eigenvalue weighted by Crippen LogP contribution is 2.12. The Bertz CT molecular complexity index is 631. The van der Waals surface area contributed by atoms with E-state index in [2.05, 4.69) is 34.3 Å². The molecule has 1 amide bonds. The molecule has 120 valence electrons. The second kappa shape index (κ2) is 7.40. The predicted octanol–water partition coefficient (Wildman–Crippen LogP) is 2.69. The molecule has 1 saturated heterocycles. The number of anilines is 1. The lowest BCUT2D eigenvalue weighted by Crippen LogP contribution is -2.43. The quantitative estimate of drug-likeness (QED) is 0.943. The summed E-state index contributed by atoms with van der Waals surface area (Å²) in [6.45, 7) is 5.41. The molecule has 1 heterocycles. The summed E-state index contributed by atoms with van der Waals surface area (Å²) in [5.41, 5.74) is 2.76. The highest BCUT2D eigenvalue weighted by Gasteiger charge is 2.14. The van der Waals surface area contributed by atoms with Crippen LogP contribution in [0.5, 0.6) is 0 Å². The first-order chi connectivity index (χ1) is 11.2. The van der Waals surface area contributed by atoms with Crippen molar-refractivity contribution >= 4 is 11.6 Å². The monoisotopic (exact) mass is 309 g/mol. The Balaban J connectivity index is 1.57. The fourth-order valence-electron chi connectivity index (χ4n) is 2.75. The maximum absolute atomic E-state index is 12.2. The summed E-state index contributed by atoms with van der Waals surface area (Å²) in [6.07, 6.45) is 0. The van der Waals surface area contributed by atoms with Crippen molar-refractivity contribution in [3.63, 3.8) is 0 Å². The van der Waals surface area contributed by atoms with Crippen LogP contribution in [0.2, 0.25) is 0 Å². The summed E-state index contributed by atoms with van der Waals surface area (Å²) in [4.78, 5) is 17.0. The molecule has 0 bridgehead atoms. The molecule has 4 nitrogen and oxygen atoms in total. The van der Waals surface area contributed by atoms with Gasteiger partial charge in [-0.25, -0.2) is 0 Å². The third kappa shape index (κ3) is 4.41. The molecule has 0 saturated carbocycles. The zero-order valence-corrected chi connectivity index (χ0v) is 13.5. The predicted molar refractivity (Wildman–Crippen MR) is 93.6 cm³/mol. The van der Waals surface area contributed by atoms with Gasteiger partial charge in [0.1, 0.15) is 0 Å². The number of carbonyl (C=O) groups is 1. The third-order valence-corrected chi connectivity index (χ3v) is 4.25. The van der Waals surface area contributed by atoms with Gasteiger partial charge in [0.05, 0.1) is 0 Å². The van der Waals surface area contributed by atoms with Crippen LogP contribution in [-0.4, -0.2) is 48.9 Å². The van der Waals surface area contributed by atoms with Crippen LogP contribution >= 0.6 is 0 Å². The van der Waals surface area contributed by atoms with Gasteiger partial charge < -0.3 is 10.2 Å². The van der Waals surface area contributed by atoms with Gasteiger partial charge in [0.15, 0.2) is 0 Å². The molecule has 4 heteroatoms. The number of benzene rings is 2. The zero-order valence-electron chi connectivity index (χ0n) is 13.5. The second-order valence-electron chi connectivity index (χ2n) is 6.10. The van der Waals surface area contributed by atoms with Crippen LogP contribution in [0.1, 0.15) is 15.9 Å². The summed E-state index contributed by atoms with van der Waals surface area (Å²) >= 11 is 0. The van der Waals surface area contributed by atoms with Crippen LogP contribution in [-0.2, 0) is 6.54 Å². The smallest absolute Gasteiger partial charge is 0.255 e. The molecule has 2 aromatic carbocycles. The first-order valence-corrected chi connectivity index (χ1v) is 8.07. The van der Waals surface area contributed by atoms with Crippen LogP contribution in [0.4, 0.5) is 5.69 Å². The lowest BCUT2D eigenvalue weighted by atomic mass is 10.1. The average molecular weight is 309 g/mol. The van der Waals surface area contributed by atoms with Gasteiger partial charge in [0.2, 0.25) is 0 Å². The van der Waals surface area contributed by atoms with E-state index in [-0.39, 0.29) is 5.91 Å². The number of likely N-dealkylation sites (N-methyl/N-ethyl adjacent to an activating group) is 1. The average Bonchev–Trinajstić information content (AvgIpc) is 2.58. The molecule has 1 N–H and O–H groups in total. The lowest BCUT2D eigenvalue weighted by Gasteiger charge is -2.32. The molecule has 23 heavy (non-hydrogen) atoms. The standard InChI is InChI=1S/C19H23N3O/c1-21-11-13-22(14-12-21)15-16-7-9-17(10-8-16)19(23)20-18-5-3-2-4-6-18/h2-10H,11-15H2,1H3,(H,20,23). The van der Waals surface area contributed by atoms with Crippen LogP contribution in [0.3, 0.4) is 0 Å². The van der Waals surface area contributed by atoms with Gasteiger partial charge in [0, 0.05) is 44.0 Å². The van der Waals surface area contributed by atoms with Crippen molar-refractivity contribution in [2.75, 3.05) is 38.5 Å². The minimum Gasteiger partial charge on any atom is -0.322 e. The molecule has 2 aromatic rings. The van der Waals surface area contributed by atoms with Crippen LogP contribution < -0.4 is 5.32 Å². The highest BCUT2D eigenvalue weighted by molar-refractivity contribution is 6.04. The molecule has 1 aliphatic heterocycles. The van der Waals surface area contributed by atoms with Gasteiger partial charge in [-0.2, -0.15) is 0 Å². The fourth-order valence-corrected chi connectivity index (χ4v) is 2.75. The number of rotatable bonds is 4. The Morgan fingerprint density at radius 2 is 1.61 bits per heavy atom. The molecule has 1 aliphatic rings. The second-order valence-corrected chi connectivity index (χ2v) is 6.10. The lowest BCUT2D eigenvalue weighted by molar-refractivity contribution is 0.102. The number of nitrogens with zero attached hydrogens (tertiary/aromatic N) is 2. The Labute approximate surface area is 137 Å². The summed E-state index contributed by atoms with van der Waals surface area (Å²) < 4.78 is 0. The molecule has 0 atom stereocenters. The highest BCUT2D eigenvalue weighted by atomic mass is 16.1. The van der Waals surface area contributed by atoms with E-state index in [0.29, 0.717) is 5.56 Å². The van der Waals surface area contributed by atoms with Crippen molar-refractivity contribution in [1.82, 2.24) is 9.80 Å². The maximum Gasteiger partial charge on any atom is 0.255 e. The van der Waals surface area contributed by atoms with E-state index >= 15 is 0 Å². The SMILES string of the molecule is CN1CCN(Cc2ccc(C(=O)Nc3ccccc3)cc2)CC1. The number of carbonyl (C=O) groups excluding carboxylic acids is 1. The number of amides is 1. The minimum absolute atomic E-state index is 0.0673. The van der Waals surface area contributed by atoms with Gasteiger partial charge in [-0.05, 0) is 36.9 Å².